The van der Waals surface area contributed by atoms with E-state index in [-0.39, 0.29) is 11.6 Å². The topological polar surface area (TPSA) is 32.3 Å². The molecule has 1 rings (SSSR count). The lowest BCUT2D eigenvalue weighted by Crippen LogP contribution is -2.45. The Morgan fingerprint density at radius 1 is 1.45 bits per heavy atom. The first-order chi connectivity index (χ1) is 5.15. The van der Waals surface area contributed by atoms with Crippen LogP contribution >= 0.6 is 0 Å². The highest BCUT2D eigenvalue weighted by Gasteiger charge is 2.32. The van der Waals surface area contributed by atoms with E-state index in [1.807, 2.05) is 20.8 Å². The van der Waals surface area contributed by atoms with E-state index in [0.29, 0.717) is 0 Å². The maximum absolute atomic E-state index is 9.25. The molecule has 0 bridgehead atoms. The van der Waals surface area contributed by atoms with Gasteiger partial charge in [-0.2, -0.15) is 0 Å². The molecule has 0 aromatic rings. The van der Waals surface area contributed by atoms with Crippen LogP contribution in [0.1, 0.15) is 40.5 Å². The molecule has 0 aromatic carbocycles. The van der Waals surface area contributed by atoms with Crippen molar-refractivity contribution < 1.29 is 5.11 Å². The summed E-state index contributed by atoms with van der Waals surface area (Å²) in [6.45, 7) is 8.98. The minimum absolute atomic E-state index is 0. The van der Waals surface area contributed by atoms with E-state index in [9.17, 15) is 5.11 Å². The molecule has 1 fully saturated rings. The third kappa shape index (κ3) is 2.80. The van der Waals surface area contributed by atoms with Gasteiger partial charge in [0.05, 0.1) is 6.10 Å². The maximum Gasteiger partial charge on any atom is 0.0690 e. The van der Waals surface area contributed by atoms with Crippen molar-refractivity contribution in [3.8, 4) is 0 Å². The molecule has 11 heavy (non-hydrogen) atoms. The lowest BCUT2D eigenvalue weighted by Gasteiger charge is -2.27. The van der Waals surface area contributed by atoms with E-state index in [2.05, 4.69) is 12.2 Å². The van der Waals surface area contributed by atoms with Crippen molar-refractivity contribution in [1.82, 2.24) is 5.32 Å². The molecule has 1 aliphatic heterocycles. The highest BCUT2D eigenvalue weighted by atomic mass is 16.3. The summed E-state index contributed by atoms with van der Waals surface area (Å²) in [6.07, 6.45) is 2.08. The van der Waals surface area contributed by atoms with Crippen molar-refractivity contribution >= 4 is 0 Å². The van der Waals surface area contributed by atoms with E-state index >= 15 is 0 Å². The van der Waals surface area contributed by atoms with Crippen molar-refractivity contribution in [2.75, 3.05) is 6.54 Å². The minimum atomic E-state index is -0.222. The second-order valence-electron chi connectivity index (χ2n) is 3.12. The predicted molar refractivity (Wildman–Crippen MR) is 48.7 cm³/mol. The summed E-state index contributed by atoms with van der Waals surface area (Å²) < 4.78 is 0. The largest absolute Gasteiger partial charge is 0.392 e. The van der Waals surface area contributed by atoms with Gasteiger partial charge < -0.3 is 10.4 Å². The maximum atomic E-state index is 9.25. The zero-order chi connectivity index (χ0) is 8.91. The molecule has 1 unspecified atom stereocenters. The van der Waals surface area contributed by atoms with Crippen molar-refractivity contribution in [1.29, 1.82) is 0 Å². The molecule has 0 saturated carbocycles. The predicted octanol–water partition coefficient (Wildman–Crippen LogP) is 1.54. The van der Waals surface area contributed by atoms with Crippen LogP contribution in [0.3, 0.4) is 0 Å². The van der Waals surface area contributed by atoms with Crippen LogP contribution in [0.2, 0.25) is 0 Å². The Hall–Kier alpha value is -0.0800. The quantitative estimate of drug-likeness (QED) is 0.608. The van der Waals surface area contributed by atoms with E-state index in [1.165, 1.54) is 6.42 Å². The standard InChI is InChI=1S/C7H15NO.C2H6/c1-6(9)7(2)4-3-5-8-7;1-2/h6,8-9H,3-5H2,1-2H3;1-2H3/t6?,7-;/m0./s1. The Labute approximate surface area is 70.0 Å². The van der Waals surface area contributed by atoms with Crippen LogP contribution in [0.15, 0.2) is 0 Å². The van der Waals surface area contributed by atoms with E-state index in [1.54, 1.807) is 0 Å². The summed E-state index contributed by atoms with van der Waals surface area (Å²) >= 11 is 0. The van der Waals surface area contributed by atoms with Crippen molar-refractivity contribution in [2.24, 2.45) is 0 Å². The molecule has 0 amide bonds. The van der Waals surface area contributed by atoms with Gasteiger partial charge in [-0.15, -0.1) is 0 Å². The van der Waals surface area contributed by atoms with Gasteiger partial charge in [-0.25, -0.2) is 0 Å². The Morgan fingerprint density at radius 2 is 2.00 bits per heavy atom. The Bertz CT molecular complexity index is 95.7. The Morgan fingerprint density at radius 3 is 2.18 bits per heavy atom. The smallest absolute Gasteiger partial charge is 0.0690 e. The average molecular weight is 159 g/mol. The molecule has 1 saturated heterocycles. The van der Waals surface area contributed by atoms with Crippen molar-refractivity contribution in [3.05, 3.63) is 0 Å². The average Bonchev–Trinajstić information content (AvgIpc) is 2.42. The van der Waals surface area contributed by atoms with Crippen LogP contribution < -0.4 is 5.32 Å². The summed E-state index contributed by atoms with van der Waals surface area (Å²) in [5, 5.41) is 12.5. The number of aliphatic hydroxyl groups excluding tert-OH is 1. The summed E-state index contributed by atoms with van der Waals surface area (Å²) in [5.41, 5.74) is 0. The molecule has 0 aliphatic carbocycles. The molecule has 2 N–H and O–H groups in total. The highest BCUT2D eigenvalue weighted by Crippen LogP contribution is 2.21. The summed E-state index contributed by atoms with van der Waals surface area (Å²) in [6, 6.07) is 0. The fraction of sp³-hybridized carbons (Fsp3) is 1.00. The molecule has 2 nitrogen and oxygen atoms in total. The van der Waals surface area contributed by atoms with E-state index < -0.39 is 0 Å². The fourth-order valence-corrected chi connectivity index (χ4v) is 1.27. The lowest BCUT2D eigenvalue weighted by molar-refractivity contribution is 0.0983. The number of hydrogen-bond donors (Lipinski definition) is 2. The number of aliphatic hydroxyl groups is 1. The van der Waals surface area contributed by atoms with Gasteiger partial charge in [0.1, 0.15) is 0 Å². The highest BCUT2D eigenvalue weighted by molar-refractivity contribution is 4.92. The molecule has 2 atom stereocenters. The molecule has 0 aromatic heterocycles. The summed E-state index contributed by atoms with van der Waals surface area (Å²) in [7, 11) is 0. The third-order valence-electron chi connectivity index (χ3n) is 2.32. The monoisotopic (exact) mass is 159 g/mol. The molecular weight excluding hydrogens is 138 g/mol. The number of rotatable bonds is 1. The van der Waals surface area contributed by atoms with Gasteiger partial charge in [-0.05, 0) is 33.2 Å². The van der Waals surface area contributed by atoms with Crippen molar-refractivity contribution in [2.45, 2.75) is 52.2 Å². The Balaban J connectivity index is 0.000000461. The van der Waals surface area contributed by atoms with Crippen LogP contribution in [0.4, 0.5) is 0 Å². The molecule has 1 heterocycles. The van der Waals surface area contributed by atoms with Crippen LogP contribution in [0.25, 0.3) is 0 Å². The first-order valence-electron chi connectivity index (χ1n) is 4.58. The normalized spacial score (nSPS) is 32.5. The lowest BCUT2D eigenvalue weighted by atomic mass is 9.94. The number of hydrogen-bond acceptors (Lipinski definition) is 2. The first-order valence-corrected chi connectivity index (χ1v) is 4.58. The van der Waals surface area contributed by atoms with Gasteiger partial charge in [-0.1, -0.05) is 13.8 Å². The second kappa shape index (κ2) is 4.73. The van der Waals surface area contributed by atoms with Gasteiger partial charge >= 0.3 is 0 Å². The molecular formula is C9H21NO. The summed E-state index contributed by atoms with van der Waals surface area (Å²) in [4.78, 5) is 0. The van der Waals surface area contributed by atoms with Gasteiger partial charge in [0, 0.05) is 5.54 Å². The Kier molecular flexibility index (Phi) is 4.69. The second-order valence-corrected chi connectivity index (χ2v) is 3.12. The van der Waals surface area contributed by atoms with Crippen LogP contribution in [-0.2, 0) is 0 Å². The third-order valence-corrected chi connectivity index (χ3v) is 2.32. The molecule has 1 aliphatic rings. The molecule has 0 radical (unpaired) electrons. The first kappa shape index (κ1) is 10.9. The summed E-state index contributed by atoms with van der Waals surface area (Å²) in [5.74, 6) is 0. The van der Waals surface area contributed by atoms with Crippen LogP contribution in [0, 0.1) is 0 Å². The SMILES string of the molecule is CC.CC(O)[C@]1(C)CCCN1. The molecule has 0 spiro atoms. The van der Waals surface area contributed by atoms with Crippen molar-refractivity contribution in [3.63, 3.8) is 0 Å². The van der Waals surface area contributed by atoms with Gasteiger partial charge in [0.15, 0.2) is 0 Å². The van der Waals surface area contributed by atoms with Crippen LogP contribution in [0.5, 0.6) is 0 Å². The zero-order valence-corrected chi connectivity index (χ0v) is 8.15. The number of nitrogens with one attached hydrogen (secondary N) is 1. The van der Waals surface area contributed by atoms with E-state index in [0.717, 1.165) is 13.0 Å². The van der Waals surface area contributed by atoms with Crippen LogP contribution in [-0.4, -0.2) is 23.3 Å². The van der Waals surface area contributed by atoms with Gasteiger partial charge in [0.2, 0.25) is 0 Å². The fourth-order valence-electron chi connectivity index (χ4n) is 1.27. The van der Waals surface area contributed by atoms with Gasteiger partial charge in [-0.3, -0.25) is 0 Å². The van der Waals surface area contributed by atoms with E-state index in [4.69, 9.17) is 0 Å². The minimum Gasteiger partial charge on any atom is -0.392 e. The van der Waals surface area contributed by atoms with Gasteiger partial charge in [0.25, 0.3) is 0 Å². The molecule has 68 valence electrons. The zero-order valence-electron chi connectivity index (χ0n) is 8.15. The molecule has 2 heteroatoms.